The number of carboxylic acids is 1. The average molecular weight is 201 g/mol. The highest BCUT2D eigenvalue weighted by Crippen LogP contribution is 2.48. The van der Waals surface area contributed by atoms with Crippen LogP contribution in [0.1, 0.15) is 19.3 Å². The van der Waals surface area contributed by atoms with Gasteiger partial charge >= 0.3 is 5.97 Å². The fraction of sp³-hybridized carbons (Fsp3) is 0.900. The third-order valence-corrected chi connectivity index (χ3v) is 3.68. The highest BCUT2D eigenvalue weighted by atomic mass is 19.1. The van der Waals surface area contributed by atoms with Gasteiger partial charge in [0.05, 0.1) is 5.92 Å². The highest BCUT2D eigenvalue weighted by Gasteiger charge is 2.50. The second-order valence-electron chi connectivity index (χ2n) is 4.37. The monoisotopic (exact) mass is 201 g/mol. The predicted molar refractivity (Wildman–Crippen MR) is 49.7 cm³/mol. The molecule has 4 heteroatoms. The minimum atomic E-state index is -0.714. The van der Waals surface area contributed by atoms with E-state index in [9.17, 15) is 9.18 Å². The van der Waals surface area contributed by atoms with Gasteiger partial charge in [-0.2, -0.15) is 0 Å². The Balaban J connectivity index is 2.02. The molecule has 0 heterocycles. The molecule has 2 saturated carbocycles. The zero-order valence-electron chi connectivity index (χ0n) is 8.08. The molecule has 80 valence electrons. The average Bonchev–Trinajstić information content (AvgIpc) is 2.72. The largest absolute Gasteiger partial charge is 0.481 e. The summed E-state index contributed by atoms with van der Waals surface area (Å²) in [6, 6.07) is 0.0157. The quantitative estimate of drug-likeness (QED) is 0.714. The molecule has 0 aromatic heterocycles. The van der Waals surface area contributed by atoms with Crippen LogP contribution < -0.4 is 5.32 Å². The number of carboxylic acid groups (broad SMARTS) is 1. The summed E-state index contributed by atoms with van der Waals surface area (Å²) < 4.78 is 12.0. The summed E-state index contributed by atoms with van der Waals surface area (Å²) in [5.74, 6) is -0.198. The predicted octanol–water partition coefficient (Wildman–Crippen LogP) is 1.04. The summed E-state index contributed by atoms with van der Waals surface area (Å²) in [4.78, 5) is 11.0. The van der Waals surface area contributed by atoms with Crippen LogP contribution in [0.3, 0.4) is 0 Å². The van der Waals surface area contributed by atoms with E-state index in [0.29, 0.717) is 11.8 Å². The highest BCUT2D eigenvalue weighted by molar-refractivity contribution is 5.72. The first kappa shape index (κ1) is 9.90. The van der Waals surface area contributed by atoms with Crippen LogP contribution in [0.15, 0.2) is 0 Å². The fourth-order valence-corrected chi connectivity index (χ4v) is 3.16. The lowest BCUT2D eigenvalue weighted by Gasteiger charge is -2.28. The lowest BCUT2D eigenvalue weighted by Crippen LogP contribution is -2.44. The number of hydrogen-bond donors (Lipinski definition) is 2. The first-order valence-corrected chi connectivity index (χ1v) is 5.26. The van der Waals surface area contributed by atoms with Crippen LogP contribution in [0.25, 0.3) is 0 Å². The molecule has 0 amide bonds. The van der Waals surface area contributed by atoms with E-state index in [1.54, 1.807) is 0 Å². The summed E-state index contributed by atoms with van der Waals surface area (Å²) in [5.41, 5.74) is 0. The second-order valence-corrected chi connectivity index (χ2v) is 4.37. The van der Waals surface area contributed by atoms with Crippen molar-refractivity contribution in [3.8, 4) is 0 Å². The van der Waals surface area contributed by atoms with Gasteiger partial charge in [-0.15, -0.1) is 0 Å². The number of rotatable bonds is 4. The van der Waals surface area contributed by atoms with Gasteiger partial charge in [0.15, 0.2) is 0 Å². The summed E-state index contributed by atoms with van der Waals surface area (Å²) >= 11 is 0. The number of halogens is 1. The van der Waals surface area contributed by atoms with Crippen molar-refractivity contribution in [3.05, 3.63) is 0 Å². The number of aliphatic carboxylic acids is 1. The number of fused-ring (bicyclic) bond motifs is 2. The summed E-state index contributed by atoms with van der Waals surface area (Å²) in [6.07, 6.45) is 3.16. The molecule has 0 aromatic rings. The van der Waals surface area contributed by atoms with Gasteiger partial charge in [-0.25, -0.2) is 4.39 Å². The van der Waals surface area contributed by atoms with Crippen molar-refractivity contribution in [2.24, 2.45) is 17.8 Å². The molecule has 0 aromatic carbocycles. The van der Waals surface area contributed by atoms with Crippen molar-refractivity contribution in [3.63, 3.8) is 0 Å². The van der Waals surface area contributed by atoms with Crippen LogP contribution in [0, 0.1) is 17.8 Å². The van der Waals surface area contributed by atoms with Crippen LogP contribution in [0.2, 0.25) is 0 Å². The van der Waals surface area contributed by atoms with E-state index in [0.717, 1.165) is 19.3 Å². The Labute approximate surface area is 82.7 Å². The Morgan fingerprint density at radius 2 is 2.14 bits per heavy atom. The normalized spacial score (nSPS) is 40.4. The zero-order valence-corrected chi connectivity index (χ0v) is 8.08. The molecule has 0 spiro atoms. The van der Waals surface area contributed by atoms with Crippen molar-refractivity contribution >= 4 is 5.97 Å². The summed E-state index contributed by atoms with van der Waals surface area (Å²) in [7, 11) is 0. The van der Waals surface area contributed by atoms with Gasteiger partial charge in [0.2, 0.25) is 0 Å². The molecule has 2 rings (SSSR count). The van der Waals surface area contributed by atoms with Gasteiger partial charge < -0.3 is 10.4 Å². The number of nitrogens with one attached hydrogen (secondary N) is 1. The lowest BCUT2D eigenvalue weighted by atomic mass is 9.84. The molecule has 2 N–H and O–H groups in total. The van der Waals surface area contributed by atoms with Crippen LogP contribution >= 0.6 is 0 Å². The zero-order chi connectivity index (χ0) is 10.1. The third kappa shape index (κ3) is 1.52. The lowest BCUT2D eigenvalue weighted by molar-refractivity contribution is -0.144. The minimum absolute atomic E-state index is 0.0157. The Hall–Kier alpha value is -0.640. The molecule has 4 unspecified atom stereocenters. The maximum Gasteiger partial charge on any atom is 0.308 e. The molecule has 2 aliphatic carbocycles. The van der Waals surface area contributed by atoms with Gasteiger partial charge in [0.1, 0.15) is 6.67 Å². The summed E-state index contributed by atoms with van der Waals surface area (Å²) in [5, 5.41) is 12.1. The molecule has 14 heavy (non-hydrogen) atoms. The maximum atomic E-state index is 12.0. The van der Waals surface area contributed by atoms with Gasteiger partial charge in [0, 0.05) is 12.6 Å². The van der Waals surface area contributed by atoms with Gasteiger partial charge in [-0.3, -0.25) is 4.79 Å². The van der Waals surface area contributed by atoms with E-state index in [4.69, 9.17) is 5.11 Å². The molecule has 4 atom stereocenters. The fourth-order valence-electron chi connectivity index (χ4n) is 3.16. The summed E-state index contributed by atoms with van der Waals surface area (Å²) in [6.45, 7) is -0.127. The Morgan fingerprint density at radius 3 is 2.79 bits per heavy atom. The van der Waals surface area contributed by atoms with Crippen molar-refractivity contribution in [2.45, 2.75) is 25.3 Å². The van der Waals surface area contributed by atoms with E-state index >= 15 is 0 Å². The van der Waals surface area contributed by atoms with Crippen LogP contribution in [-0.4, -0.2) is 30.3 Å². The standard InChI is InChI=1S/C10H16FNO2/c11-3-4-12-9-7-2-1-6(5-7)8(9)10(13)14/h6-9,12H,1-5H2,(H,13,14). The molecular weight excluding hydrogens is 185 g/mol. The Morgan fingerprint density at radius 1 is 1.43 bits per heavy atom. The second kappa shape index (κ2) is 3.85. The van der Waals surface area contributed by atoms with Crippen LogP contribution in [0.5, 0.6) is 0 Å². The topological polar surface area (TPSA) is 49.3 Å². The molecule has 0 radical (unpaired) electrons. The van der Waals surface area contributed by atoms with Crippen LogP contribution in [0.4, 0.5) is 4.39 Å². The van der Waals surface area contributed by atoms with Gasteiger partial charge in [-0.05, 0) is 31.1 Å². The number of hydrogen-bond acceptors (Lipinski definition) is 2. The van der Waals surface area contributed by atoms with E-state index in [1.807, 2.05) is 0 Å². The first-order valence-electron chi connectivity index (χ1n) is 5.26. The van der Waals surface area contributed by atoms with Crippen molar-refractivity contribution in [2.75, 3.05) is 13.2 Å². The third-order valence-electron chi connectivity index (χ3n) is 3.68. The number of carbonyl (C=O) groups is 1. The van der Waals surface area contributed by atoms with Gasteiger partial charge in [-0.1, -0.05) is 0 Å². The Bertz CT molecular complexity index is 234. The van der Waals surface area contributed by atoms with E-state index in [2.05, 4.69) is 5.32 Å². The van der Waals surface area contributed by atoms with E-state index in [-0.39, 0.29) is 18.5 Å². The molecule has 2 fully saturated rings. The van der Waals surface area contributed by atoms with Crippen molar-refractivity contribution < 1.29 is 14.3 Å². The van der Waals surface area contributed by atoms with E-state index in [1.165, 1.54) is 0 Å². The molecule has 2 bridgehead atoms. The molecule has 0 aliphatic heterocycles. The maximum absolute atomic E-state index is 12.0. The molecule has 0 saturated heterocycles. The molecular formula is C10H16FNO2. The minimum Gasteiger partial charge on any atom is -0.481 e. The smallest absolute Gasteiger partial charge is 0.308 e. The van der Waals surface area contributed by atoms with Gasteiger partial charge in [0.25, 0.3) is 0 Å². The SMILES string of the molecule is O=C(O)C1C2CCC(C2)C1NCCF. The van der Waals surface area contributed by atoms with Crippen LogP contribution in [-0.2, 0) is 4.79 Å². The van der Waals surface area contributed by atoms with Crippen molar-refractivity contribution in [1.29, 1.82) is 0 Å². The molecule has 2 aliphatic rings. The van der Waals surface area contributed by atoms with Crippen molar-refractivity contribution in [1.82, 2.24) is 5.32 Å². The number of alkyl halides is 1. The molecule has 3 nitrogen and oxygen atoms in total. The Kier molecular flexibility index (Phi) is 2.72. The van der Waals surface area contributed by atoms with E-state index < -0.39 is 12.6 Å². The first-order chi connectivity index (χ1) is 6.74.